The van der Waals surface area contributed by atoms with Crippen LogP contribution in [-0.2, 0) is 37.0 Å². The molecule has 0 aliphatic rings. The van der Waals surface area contributed by atoms with Crippen LogP contribution in [0.15, 0.2) is 43.0 Å². The van der Waals surface area contributed by atoms with E-state index in [0.29, 0.717) is 5.65 Å². The lowest BCUT2D eigenvalue weighted by Gasteiger charge is -2.19. The van der Waals surface area contributed by atoms with Crippen molar-refractivity contribution in [1.82, 2.24) is 30.2 Å². The Bertz CT molecular complexity index is 1270. The molecule has 0 spiro atoms. The molecule has 0 radical (unpaired) electrons. The van der Waals surface area contributed by atoms with E-state index in [0.717, 1.165) is 5.56 Å². The molecule has 2 aromatic heterocycles. The molecule has 0 atom stereocenters. The van der Waals surface area contributed by atoms with Crippen molar-refractivity contribution in [3.63, 3.8) is 0 Å². The molecule has 2 heterocycles. The summed E-state index contributed by atoms with van der Waals surface area (Å²) in [4.78, 5) is 60.2. The predicted molar refractivity (Wildman–Crippen MR) is 134 cm³/mol. The van der Waals surface area contributed by atoms with Crippen molar-refractivity contribution >= 4 is 41.0 Å². The van der Waals surface area contributed by atoms with Crippen LogP contribution in [0.25, 0.3) is 11.2 Å². The smallest absolute Gasteiger partial charge is 0.413 e. The van der Waals surface area contributed by atoms with Crippen LogP contribution in [0.4, 0.5) is 15.4 Å². The average Bonchev–Trinajstić information content (AvgIpc) is 3.27. The van der Waals surface area contributed by atoms with Crippen molar-refractivity contribution in [3.8, 4) is 0 Å². The van der Waals surface area contributed by atoms with Crippen LogP contribution in [0.1, 0.15) is 26.3 Å². The van der Waals surface area contributed by atoms with Gasteiger partial charge in [0, 0.05) is 0 Å². The number of rotatable bonds is 10. The number of anilines is 1. The fourth-order valence-electron chi connectivity index (χ4n) is 3.01. The summed E-state index contributed by atoms with van der Waals surface area (Å²) in [6.07, 6.45) is 1.23. The molecule has 38 heavy (non-hydrogen) atoms. The van der Waals surface area contributed by atoms with Gasteiger partial charge in [0.25, 0.3) is 0 Å². The molecular formula is C24H29N7O7. The molecule has 0 aliphatic heterocycles. The minimum Gasteiger partial charge on any atom is -0.462 e. The first-order valence-corrected chi connectivity index (χ1v) is 11.6. The second kappa shape index (κ2) is 13.0. The summed E-state index contributed by atoms with van der Waals surface area (Å²) in [7, 11) is 0. The third kappa shape index (κ3) is 9.04. The second-order valence-electron chi connectivity index (χ2n) is 8.88. The monoisotopic (exact) mass is 527 g/mol. The van der Waals surface area contributed by atoms with Gasteiger partial charge in [0.05, 0.1) is 12.9 Å². The lowest BCUT2D eigenvalue weighted by molar-refractivity contribution is -0.143. The van der Waals surface area contributed by atoms with Gasteiger partial charge in [-0.1, -0.05) is 30.3 Å². The third-order valence-electron chi connectivity index (χ3n) is 4.61. The van der Waals surface area contributed by atoms with E-state index in [9.17, 15) is 19.2 Å². The number of fused-ring (bicyclic) bond motifs is 1. The number of carbonyl (C=O) groups is 4. The Morgan fingerprint density at radius 3 is 2.45 bits per heavy atom. The highest BCUT2D eigenvalue weighted by Crippen LogP contribution is 2.17. The lowest BCUT2D eigenvalue weighted by atomic mass is 10.2. The van der Waals surface area contributed by atoms with E-state index in [4.69, 9.17) is 14.2 Å². The van der Waals surface area contributed by atoms with E-state index >= 15 is 0 Å². The predicted octanol–water partition coefficient (Wildman–Crippen LogP) is 1.76. The molecule has 0 saturated carbocycles. The molecule has 202 valence electrons. The van der Waals surface area contributed by atoms with E-state index in [1.807, 2.05) is 30.3 Å². The molecule has 0 saturated heterocycles. The minimum atomic E-state index is -0.721. The van der Waals surface area contributed by atoms with E-state index in [1.54, 1.807) is 20.8 Å². The van der Waals surface area contributed by atoms with Crippen molar-refractivity contribution in [2.24, 2.45) is 0 Å². The molecule has 0 unspecified atom stereocenters. The number of hydrogen-bond donors (Lipinski definition) is 3. The van der Waals surface area contributed by atoms with E-state index in [1.165, 1.54) is 17.2 Å². The van der Waals surface area contributed by atoms with Crippen molar-refractivity contribution in [3.05, 3.63) is 48.5 Å². The van der Waals surface area contributed by atoms with Gasteiger partial charge in [0.2, 0.25) is 5.91 Å². The number of benzene rings is 1. The van der Waals surface area contributed by atoms with Crippen LogP contribution < -0.4 is 16.0 Å². The van der Waals surface area contributed by atoms with Gasteiger partial charge in [-0.15, -0.1) is 0 Å². The summed E-state index contributed by atoms with van der Waals surface area (Å²) in [6, 6.07) is 9.18. The van der Waals surface area contributed by atoms with Gasteiger partial charge in [0.15, 0.2) is 17.0 Å². The fourth-order valence-corrected chi connectivity index (χ4v) is 3.01. The Hall–Kier alpha value is -4.75. The number of hydrogen-bond acceptors (Lipinski definition) is 10. The number of carbonyl (C=O) groups excluding carboxylic acids is 4. The van der Waals surface area contributed by atoms with E-state index < -0.39 is 29.7 Å². The number of esters is 1. The molecule has 3 aromatic rings. The minimum absolute atomic E-state index is 0.0610. The second-order valence-corrected chi connectivity index (χ2v) is 8.88. The summed E-state index contributed by atoms with van der Waals surface area (Å²) in [5.74, 6) is -1.05. The Kier molecular flexibility index (Phi) is 9.51. The third-order valence-corrected chi connectivity index (χ3v) is 4.61. The van der Waals surface area contributed by atoms with E-state index in [2.05, 4.69) is 30.9 Å². The van der Waals surface area contributed by atoms with Crippen LogP contribution in [-0.4, -0.2) is 68.9 Å². The largest absolute Gasteiger partial charge is 0.462 e. The Morgan fingerprint density at radius 2 is 1.71 bits per heavy atom. The number of amides is 3. The summed E-state index contributed by atoms with van der Waals surface area (Å²) in [5, 5.41) is 7.41. The summed E-state index contributed by atoms with van der Waals surface area (Å²) in [6.45, 7) is 4.69. The molecule has 0 aliphatic carbocycles. The van der Waals surface area contributed by atoms with Crippen molar-refractivity contribution in [2.45, 2.75) is 39.5 Å². The van der Waals surface area contributed by atoms with Crippen LogP contribution in [0.3, 0.4) is 0 Å². The van der Waals surface area contributed by atoms with Crippen LogP contribution >= 0.6 is 0 Å². The van der Waals surface area contributed by atoms with Gasteiger partial charge >= 0.3 is 18.2 Å². The maximum atomic E-state index is 12.3. The summed E-state index contributed by atoms with van der Waals surface area (Å²) >= 11 is 0. The molecule has 1 aromatic carbocycles. The zero-order valence-electron chi connectivity index (χ0n) is 21.2. The molecule has 14 nitrogen and oxygen atoms in total. The number of imidazole rings is 1. The lowest BCUT2D eigenvalue weighted by Crippen LogP contribution is -2.36. The number of alkyl carbamates (subject to hydrolysis) is 1. The van der Waals surface area contributed by atoms with Gasteiger partial charge in [0.1, 0.15) is 38.2 Å². The van der Waals surface area contributed by atoms with Crippen molar-refractivity contribution in [2.75, 3.05) is 25.0 Å². The maximum Gasteiger partial charge on any atom is 0.413 e. The molecule has 14 heteroatoms. The molecule has 3 rings (SSSR count). The van der Waals surface area contributed by atoms with Crippen molar-refractivity contribution in [1.29, 1.82) is 0 Å². The highest BCUT2D eigenvalue weighted by molar-refractivity contribution is 5.93. The van der Waals surface area contributed by atoms with Gasteiger partial charge in [-0.2, -0.15) is 0 Å². The van der Waals surface area contributed by atoms with Crippen LogP contribution in [0.2, 0.25) is 0 Å². The van der Waals surface area contributed by atoms with Gasteiger partial charge in [-0.25, -0.2) is 24.5 Å². The molecule has 3 N–H and O–H groups in total. The van der Waals surface area contributed by atoms with Crippen LogP contribution in [0, 0.1) is 0 Å². The Balaban J connectivity index is 1.43. The van der Waals surface area contributed by atoms with Gasteiger partial charge < -0.3 is 29.4 Å². The summed E-state index contributed by atoms with van der Waals surface area (Å²) < 4.78 is 16.7. The zero-order chi connectivity index (χ0) is 27.5. The Morgan fingerprint density at radius 1 is 0.947 bits per heavy atom. The average molecular weight is 528 g/mol. The standard InChI is InChI=1S/C24H29N7O7/c1-24(2,3)38-22(34)25-9-10-36-18(33)11-26-17(32)12-31-15-29-19-20(27-14-28-21(19)31)30-23(35)37-13-16-7-5-4-6-8-16/h4-8,14-15H,9-13H2,1-3H3,(H,25,34)(H,26,32)(H,27,28,30,35). The number of aromatic nitrogens is 4. The quantitative estimate of drug-likeness (QED) is 0.200. The van der Waals surface area contributed by atoms with Gasteiger partial charge in [-0.05, 0) is 26.3 Å². The maximum absolute atomic E-state index is 12.3. The number of nitrogens with one attached hydrogen (secondary N) is 3. The van der Waals surface area contributed by atoms with Crippen molar-refractivity contribution < 1.29 is 33.4 Å². The Labute approximate surface area is 218 Å². The molecule has 0 fully saturated rings. The van der Waals surface area contributed by atoms with E-state index in [-0.39, 0.29) is 44.2 Å². The van der Waals surface area contributed by atoms with Gasteiger partial charge in [-0.3, -0.25) is 14.9 Å². The zero-order valence-corrected chi connectivity index (χ0v) is 21.2. The first kappa shape index (κ1) is 27.8. The van der Waals surface area contributed by atoms with Crippen LogP contribution in [0.5, 0.6) is 0 Å². The highest BCUT2D eigenvalue weighted by Gasteiger charge is 2.17. The first-order valence-electron chi connectivity index (χ1n) is 11.6. The fraction of sp³-hybridized carbons (Fsp3) is 0.375. The topological polar surface area (TPSA) is 176 Å². The SMILES string of the molecule is CC(C)(C)OC(=O)NCCOC(=O)CNC(=O)Cn1cnc2c(NC(=O)OCc3ccccc3)ncnc21. The first-order chi connectivity index (χ1) is 18.1. The highest BCUT2D eigenvalue weighted by atomic mass is 16.6. The molecular weight excluding hydrogens is 498 g/mol. The normalized spacial score (nSPS) is 10.9. The molecule has 0 bridgehead atoms. The molecule has 3 amide bonds. The number of ether oxygens (including phenoxy) is 3. The number of nitrogens with zero attached hydrogens (tertiary/aromatic N) is 4. The summed E-state index contributed by atoms with van der Waals surface area (Å²) in [5.41, 5.74) is 0.745.